The van der Waals surface area contributed by atoms with Gasteiger partial charge in [0.1, 0.15) is 0 Å². The lowest BCUT2D eigenvalue weighted by Crippen LogP contribution is -2.26. The molecule has 1 amide bonds. The molecular formula is C13H16N4O. The zero-order chi connectivity index (χ0) is 13.1. The van der Waals surface area contributed by atoms with Gasteiger partial charge >= 0.3 is 0 Å². The number of aryl methyl sites for hydroxylation is 2. The van der Waals surface area contributed by atoms with E-state index in [4.69, 9.17) is 5.73 Å². The predicted molar refractivity (Wildman–Crippen MR) is 70.6 cm³/mol. The van der Waals surface area contributed by atoms with Crippen molar-refractivity contribution >= 4 is 11.6 Å². The molecule has 2 rings (SSSR count). The Balaban J connectivity index is 2.03. The van der Waals surface area contributed by atoms with Crippen LogP contribution in [0.15, 0.2) is 30.5 Å². The number of anilines is 1. The van der Waals surface area contributed by atoms with Crippen molar-refractivity contribution in [2.24, 2.45) is 0 Å². The van der Waals surface area contributed by atoms with E-state index in [1.807, 2.05) is 26.0 Å². The minimum atomic E-state index is -0.102. The zero-order valence-electron chi connectivity index (χ0n) is 10.5. The highest BCUT2D eigenvalue weighted by atomic mass is 16.2. The molecule has 2 aromatic rings. The summed E-state index contributed by atoms with van der Waals surface area (Å²) in [7, 11) is 0. The van der Waals surface area contributed by atoms with Gasteiger partial charge in [0.25, 0.3) is 0 Å². The first-order valence-corrected chi connectivity index (χ1v) is 5.71. The number of hydrogen-bond donors (Lipinski definition) is 2. The topological polar surface area (TPSA) is 72.9 Å². The summed E-state index contributed by atoms with van der Waals surface area (Å²) in [4.78, 5) is 16.0. The molecule has 0 aliphatic carbocycles. The summed E-state index contributed by atoms with van der Waals surface area (Å²) < 4.78 is 1.76. The Kier molecular flexibility index (Phi) is 3.32. The molecule has 0 spiro atoms. The van der Waals surface area contributed by atoms with Gasteiger partial charge in [-0.15, -0.1) is 0 Å². The number of carbonyl (C=O) groups excluding carboxylic acids is 1. The van der Waals surface area contributed by atoms with Crippen molar-refractivity contribution in [2.45, 2.75) is 20.3 Å². The van der Waals surface area contributed by atoms with Crippen LogP contribution in [0.5, 0.6) is 0 Å². The Bertz CT molecular complexity index is 537. The van der Waals surface area contributed by atoms with Crippen molar-refractivity contribution in [3.8, 4) is 0 Å². The van der Waals surface area contributed by atoms with Crippen LogP contribution < -0.4 is 11.2 Å². The maximum absolute atomic E-state index is 11.9. The van der Waals surface area contributed by atoms with Gasteiger partial charge in [-0.05, 0) is 38.1 Å². The minimum absolute atomic E-state index is 0.102. The summed E-state index contributed by atoms with van der Waals surface area (Å²) in [6.07, 6.45) is 1.78. The third-order valence-corrected chi connectivity index (χ3v) is 2.70. The molecule has 18 heavy (non-hydrogen) atoms. The van der Waals surface area contributed by atoms with Gasteiger partial charge in [0, 0.05) is 17.1 Å². The van der Waals surface area contributed by atoms with E-state index in [-0.39, 0.29) is 12.3 Å². The standard InChI is InChI=1S/C13H16N4O/c1-9-3-4-10(2)17(9)16-13(18)7-12-6-5-11(14)8-15-12/h3-6,8H,7,14H2,1-2H3,(H,16,18). The van der Waals surface area contributed by atoms with E-state index in [2.05, 4.69) is 10.4 Å². The molecule has 94 valence electrons. The summed E-state index contributed by atoms with van der Waals surface area (Å²) in [6, 6.07) is 7.40. The SMILES string of the molecule is Cc1ccc(C)n1NC(=O)Cc1ccc(N)cn1. The molecule has 0 fully saturated rings. The van der Waals surface area contributed by atoms with Gasteiger partial charge in [-0.1, -0.05) is 0 Å². The number of amides is 1. The molecule has 0 saturated heterocycles. The molecule has 0 aliphatic heterocycles. The lowest BCUT2D eigenvalue weighted by atomic mass is 10.2. The number of carbonyl (C=O) groups is 1. The van der Waals surface area contributed by atoms with E-state index in [9.17, 15) is 4.79 Å². The van der Waals surface area contributed by atoms with Crippen LogP contribution in [0.3, 0.4) is 0 Å². The van der Waals surface area contributed by atoms with Crippen LogP contribution in [0.2, 0.25) is 0 Å². The molecule has 0 saturated carbocycles. The summed E-state index contributed by atoms with van der Waals surface area (Å²) in [5.74, 6) is -0.102. The highest BCUT2D eigenvalue weighted by Crippen LogP contribution is 2.05. The van der Waals surface area contributed by atoms with E-state index < -0.39 is 0 Å². The number of pyridine rings is 1. The molecule has 0 aliphatic rings. The average Bonchev–Trinajstić information content (AvgIpc) is 2.64. The number of rotatable bonds is 3. The first kappa shape index (κ1) is 12.2. The molecule has 2 aromatic heterocycles. The Labute approximate surface area is 106 Å². The van der Waals surface area contributed by atoms with E-state index >= 15 is 0 Å². The van der Waals surface area contributed by atoms with Gasteiger partial charge < -0.3 is 5.73 Å². The number of nitrogens with zero attached hydrogens (tertiary/aromatic N) is 2. The Morgan fingerprint density at radius 1 is 1.28 bits per heavy atom. The van der Waals surface area contributed by atoms with Gasteiger partial charge in [-0.25, -0.2) is 0 Å². The van der Waals surface area contributed by atoms with Gasteiger partial charge in [0.2, 0.25) is 5.91 Å². The number of hydrogen-bond acceptors (Lipinski definition) is 3. The second-order valence-electron chi connectivity index (χ2n) is 4.25. The molecule has 2 heterocycles. The summed E-state index contributed by atoms with van der Waals surface area (Å²) in [6.45, 7) is 3.88. The smallest absolute Gasteiger partial charge is 0.244 e. The van der Waals surface area contributed by atoms with Crippen LogP contribution in [0.4, 0.5) is 5.69 Å². The van der Waals surface area contributed by atoms with Gasteiger partial charge in [0.05, 0.1) is 18.3 Å². The van der Waals surface area contributed by atoms with Gasteiger partial charge in [-0.2, -0.15) is 0 Å². The predicted octanol–water partition coefficient (Wildman–Crippen LogP) is 1.39. The fourth-order valence-corrected chi connectivity index (χ4v) is 1.71. The second-order valence-corrected chi connectivity index (χ2v) is 4.25. The van der Waals surface area contributed by atoms with E-state index in [0.717, 1.165) is 11.4 Å². The van der Waals surface area contributed by atoms with Crippen molar-refractivity contribution < 1.29 is 4.79 Å². The molecule has 5 nitrogen and oxygen atoms in total. The first-order valence-electron chi connectivity index (χ1n) is 5.71. The average molecular weight is 244 g/mol. The molecule has 0 radical (unpaired) electrons. The van der Waals surface area contributed by atoms with Crippen LogP contribution in [0.1, 0.15) is 17.1 Å². The Morgan fingerprint density at radius 3 is 2.50 bits per heavy atom. The second kappa shape index (κ2) is 4.91. The van der Waals surface area contributed by atoms with Crippen molar-refractivity contribution in [1.82, 2.24) is 9.66 Å². The third-order valence-electron chi connectivity index (χ3n) is 2.70. The fourth-order valence-electron chi connectivity index (χ4n) is 1.71. The Morgan fingerprint density at radius 2 is 1.94 bits per heavy atom. The van der Waals surface area contributed by atoms with Crippen LogP contribution in [-0.2, 0) is 11.2 Å². The van der Waals surface area contributed by atoms with Crippen molar-refractivity contribution in [1.29, 1.82) is 0 Å². The van der Waals surface area contributed by atoms with Crippen LogP contribution >= 0.6 is 0 Å². The van der Waals surface area contributed by atoms with Crippen LogP contribution in [0, 0.1) is 13.8 Å². The third kappa shape index (κ3) is 2.68. The van der Waals surface area contributed by atoms with Crippen molar-refractivity contribution in [3.05, 3.63) is 47.5 Å². The monoisotopic (exact) mass is 244 g/mol. The molecule has 5 heteroatoms. The molecule has 0 aromatic carbocycles. The zero-order valence-corrected chi connectivity index (χ0v) is 10.5. The molecule has 0 atom stereocenters. The van der Waals surface area contributed by atoms with E-state index in [1.165, 1.54) is 0 Å². The lowest BCUT2D eigenvalue weighted by molar-refractivity contribution is -0.116. The highest BCUT2D eigenvalue weighted by molar-refractivity contribution is 5.85. The minimum Gasteiger partial charge on any atom is -0.397 e. The number of nitrogens with one attached hydrogen (secondary N) is 1. The molecule has 0 unspecified atom stereocenters. The summed E-state index contributed by atoms with van der Waals surface area (Å²) in [5.41, 5.74) is 11.6. The normalized spacial score (nSPS) is 10.3. The maximum Gasteiger partial charge on any atom is 0.244 e. The van der Waals surface area contributed by atoms with Crippen LogP contribution in [0.25, 0.3) is 0 Å². The quantitative estimate of drug-likeness (QED) is 0.857. The lowest BCUT2D eigenvalue weighted by Gasteiger charge is -2.10. The fraction of sp³-hybridized carbons (Fsp3) is 0.231. The number of nitrogen functional groups attached to an aromatic ring is 1. The Hall–Kier alpha value is -2.30. The summed E-state index contributed by atoms with van der Waals surface area (Å²) >= 11 is 0. The highest BCUT2D eigenvalue weighted by Gasteiger charge is 2.07. The van der Waals surface area contributed by atoms with Crippen molar-refractivity contribution in [2.75, 3.05) is 11.2 Å². The molecule has 0 bridgehead atoms. The first-order chi connectivity index (χ1) is 8.56. The van der Waals surface area contributed by atoms with Crippen molar-refractivity contribution in [3.63, 3.8) is 0 Å². The largest absolute Gasteiger partial charge is 0.397 e. The van der Waals surface area contributed by atoms with Gasteiger partial charge in [0.15, 0.2) is 0 Å². The molecular weight excluding hydrogens is 228 g/mol. The number of nitrogens with two attached hydrogens (primary N) is 1. The van der Waals surface area contributed by atoms with E-state index in [0.29, 0.717) is 11.4 Å². The van der Waals surface area contributed by atoms with E-state index in [1.54, 1.807) is 23.0 Å². The maximum atomic E-state index is 11.9. The van der Waals surface area contributed by atoms with Crippen LogP contribution in [-0.4, -0.2) is 15.6 Å². The summed E-state index contributed by atoms with van der Waals surface area (Å²) in [5, 5.41) is 0. The number of aromatic nitrogens is 2. The van der Waals surface area contributed by atoms with Gasteiger partial charge in [-0.3, -0.25) is 19.9 Å². The molecule has 3 N–H and O–H groups in total.